The lowest BCUT2D eigenvalue weighted by Crippen LogP contribution is -2.21. The highest BCUT2D eigenvalue weighted by Gasteiger charge is 2.08. The summed E-state index contributed by atoms with van der Waals surface area (Å²) in [5, 5.41) is 11.1. The lowest BCUT2D eigenvalue weighted by Gasteiger charge is -2.06. The zero-order valence-electron chi connectivity index (χ0n) is 9.79. The average Bonchev–Trinajstić information content (AvgIpc) is 2.70. The molecule has 2 aromatic rings. The topological polar surface area (TPSA) is 72.2 Å². The molecule has 0 unspecified atom stereocenters. The molecule has 0 fully saturated rings. The van der Waals surface area contributed by atoms with Crippen molar-refractivity contribution >= 4 is 17.3 Å². The Morgan fingerprint density at radius 3 is 2.94 bits per heavy atom. The normalized spacial score (nSPS) is 10.5. The lowest BCUT2D eigenvalue weighted by atomic mass is 10.3. The van der Waals surface area contributed by atoms with E-state index in [2.05, 4.69) is 4.98 Å². The summed E-state index contributed by atoms with van der Waals surface area (Å²) in [4.78, 5) is 26.4. The molecule has 0 aliphatic heterocycles. The summed E-state index contributed by atoms with van der Waals surface area (Å²) < 4.78 is 1.61. The van der Waals surface area contributed by atoms with Gasteiger partial charge in [-0.2, -0.15) is 0 Å². The third-order valence-corrected chi connectivity index (χ3v) is 3.38. The van der Waals surface area contributed by atoms with E-state index in [0.29, 0.717) is 12.2 Å². The number of thiazole rings is 1. The van der Waals surface area contributed by atoms with Crippen molar-refractivity contribution in [3.05, 3.63) is 50.3 Å². The SMILES string of the molecule is Cc1cccc(=O)n1Cc1nc(CC(=O)O)cs1. The fourth-order valence-electron chi connectivity index (χ4n) is 1.62. The summed E-state index contributed by atoms with van der Waals surface area (Å²) in [6, 6.07) is 5.07. The van der Waals surface area contributed by atoms with Crippen molar-refractivity contribution in [2.24, 2.45) is 0 Å². The number of carboxylic acids is 1. The Balaban J connectivity index is 2.21. The standard InChI is InChI=1S/C12H12N2O3S/c1-8-3-2-4-11(15)14(8)6-10-13-9(7-18-10)5-12(16)17/h2-4,7H,5-6H2,1H3,(H,16,17). The van der Waals surface area contributed by atoms with Crippen LogP contribution in [-0.4, -0.2) is 20.6 Å². The molecule has 0 spiro atoms. The predicted molar refractivity (Wildman–Crippen MR) is 68.0 cm³/mol. The first-order valence-electron chi connectivity index (χ1n) is 5.38. The third kappa shape index (κ3) is 2.84. The molecule has 18 heavy (non-hydrogen) atoms. The van der Waals surface area contributed by atoms with E-state index in [1.54, 1.807) is 16.0 Å². The van der Waals surface area contributed by atoms with Gasteiger partial charge < -0.3 is 9.67 Å². The van der Waals surface area contributed by atoms with E-state index >= 15 is 0 Å². The Bertz CT molecular complexity index is 630. The largest absolute Gasteiger partial charge is 0.481 e. The van der Waals surface area contributed by atoms with Crippen LogP contribution in [0.5, 0.6) is 0 Å². The number of rotatable bonds is 4. The Kier molecular flexibility index (Phi) is 3.57. The van der Waals surface area contributed by atoms with Crippen LogP contribution in [0, 0.1) is 6.92 Å². The first-order valence-corrected chi connectivity index (χ1v) is 6.26. The highest BCUT2D eigenvalue weighted by molar-refractivity contribution is 7.09. The molecule has 2 rings (SSSR count). The molecule has 0 aliphatic carbocycles. The fraction of sp³-hybridized carbons (Fsp3) is 0.250. The van der Waals surface area contributed by atoms with Gasteiger partial charge in [-0.25, -0.2) is 4.98 Å². The smallest absolute Gasteiger partial charge is 0.309 e. The van der Waals surface area contributed by atoms with Crippen molar-refractivity contribution in [1.29, 1.82) is 0 Å². The zero-order valence-corrected chi connectivity index (χ0v) is 10.6. The number of hydrogen-bond donors (Lipinski definition) is 1. The lowest BCUT2D eigenvalue weighted by molar-refractivity contribution is -0.136. The molecule has 0 amide bonds. The van der Waals surface area contributed by atoms with Crippen LogP contribution in [0.15, 0.2) is 28.4 Å². The van der Waals surface area contributed by atoms with Gasteiger partial charge in [0.2, 0.25) is 0 Å². The number of aromatic nitrogens is 2. The van der Waals surface area contributed by atoms with Crippen LogP contribution in [-0.2, 0) is 17.8 Å². The second-order valence-electron chi connectivity index (χ2n) is 3.89. The van der Waals surface area contributed by atoms with Gasteiger partial charge in [0.15, 0.2) is 0 Å². The molecule has 2 aromatic heterocycles. The van der Waals surface area contributed by atoms with Crippen molar-refractivity contribution in [2.75, 3.05) is 0 Å². The van der Waals surface area contributed by atoms with Crippen LogP contribution < -0.4 is 5.56 Å². The van der Waals surface area contributed by atoms with Crippen LogP contribution in [0.25, 0.3) is 0 Å². The van der Waals surface area contributed by atoms with Gasteiger partial charge in [0.1, 0.15) is 5.01 Å². The van der Waals surface area contributed by atoms with E-state index in [9.17, 15) is 9.59 Å². The van der Waals surface area contributed by atoms with Crippen molar-refractivity contribution in [3.63, 3.8) is 0 Å². The Morgan fingerprint density at radius 1 is 1.50 bits per heavy atom. The fourth-order valence-corrected chi connectivity index (χ4v) is 2.40. The minimum Gasteiger partial charge on any atom is -0.481 e. The number of aryl methyl sites for hydroxylation is 1. The van der Waals surface area contributed by atoms with Crippen LogP contribution in [0.1, 0.15) is 16.4 Å². The molecule has 1 N–H and O–H groups in total. The molecule has 94 valence electrons. The minimum atomic E-state index is -0.903. The van der Waals surface area contributed by atoms with Crippen molar-refractivity contribution < 1.29 is 9.90 Å². The monoisotopic (exact) mass is 264 g/mol. The summed E-state index contributed by atoms with van der Waals surface area (Å²) in [5.41, 5.74) is 1.31. The van der Waals surface area contributed by atoms with Gasteiger partial charge >= 0.3 is 5.97 Å². The molecule has 0 aromatic carbocycles. The van der Waals surface area contributed by atoms with Crippen molar-refractivity contribution in [1.82, 2.24) is 9.55 Å². The summed E-state index contributed by atoms with van der Waals surface area (Å²) >= 11 is 1.37. The molecule has 5 nitrogen and oxygen atoms in total. The van der Waals surface area contributed by atoms with Crippen LogP contribution in [0.2, 0.25) is 0 Å². The molecular formula is C12H12N2O3S. The number of carboxylic acid groups (broad SMARTS) is 1. The molecule has 0 saturated heterocycles. The van der Waals surface area contributed by atoms with Gasteiger partial charge in [0.25, 0.3) is 5.56 Å². The number of hydrogen-bond acceptors (Lipinski definition) is 4. The van der Waals surface area contributed by atoms with E-state index < -0.39 is 5.97 Å². The summed E-state index contributed by atoms with van der Waals surface area (Å²) in [6.07, 6.45) is -0.0842. The highest BCUT2D eigenvalue weighted by atomic mass is 32.1. The van der Waals surface area contributed by atoms with Crippen LogP contribution in [0.4, 0.5) is 0 Å². The van der Waals surface area contributed by atoms with Crippen LogP contribution in [0.3, 0.4) is 0 Å². The Labute approximate surface area is 107 Å². The second kappa shape index (κ2) is 5.14. The molecular weight excluding hydrogens is 252 g/mol. The first-order chi connectivity index (χ1) is 8.56. The molecule has 0 aliphatic rings. The zero-order chi connectivity index (χ0) is 13.1. The third-order valence-electron chi connectivity index (χ3n) is 2.49. The van der Waals surface area contributed by atoms with Gasteiger partial charge in [-0.05, 0) is 13.0 Å². The van der Waals surface area contributed by atoms with Gasteiger partial charge in [0, 0.05) is 17.1 Å². The van der Waals surface area contributed by atoms with E-state index in [1.165, 1.54) is 17.4 Å². The van der Waals surface area contributed by atoms with Gasteiger partial charge in [-0.15, -0.1) is 11.3 Å². The molecule has 0 atom stereocenters. The van der Waals surface area contributed by atoms with E-state index in [-0.39, 0.29) is 12.0 Å². The first kappa shape index (κ1) is 12.5. The number of carbonyl (C=O) groups is 1. The maximum Gasteiger partial charge on any atom is 0.309 e. The molecule has 0 saturated carbocycles. The van der Waals surface area contributed by atoms with Crippen molar-refractivity contribution in [2.45, 2.75) is 19.9 Å². The maximum atomic E-state index is 11.7. The van der Waals surface area contributed by atoms with Gasteiger partial charge in [-0.3, -0.25) is 9.59 Å². The summed E-state index contributed by atoms with van der Waals surface area (Å²) in [5.74, 6) is -0.903. The molecule has 0 radical (unpaired) electrons. The number of aliphatic carboxylic acids is 1. The van der Waals surface area contributed by atoms with E-state index in [0.717, 1.165) is 10.7 Å². The summed E-state index contributed by atoms with van der Waals surface area (Å²) in [6.45, 7) is 2.24. The quantitative estimate of drug-likeness (QED) is 0.903. The number of nitrogens with zero attached hydrogens (tertiary/aromatic N) is 2. The highest BCUT2D eigenvalue weighted by Crippen LogP contribution is 2.12. The van der Waals surface area contributed by atoms with Crippen LogP contribution >= 0.6 is 11.3 Å². The molecule has 0 bridgehead atoms. The maximum absolute atomic E-state index is 11.7. The minimum absolute atomic E-state index is 0.0787. The molecule has 2 heterocycles. The second-order valence-corrected chi connectivity index (χ2v) is 4.84. The van der Waals surface area contributed by atoms with E-state index in [4.69, 9.17) is 5.11 Å². The summed E-state index contributed by atoms with van der Waals surface area (Å²) in [7, 11) is 0. The average molecular weight is 264 g/mol. The predicted octanol–water partition coefficient (Wildman–Crippen LogP) is 1.29. The van der Waals surface area contributed by atoms with Crippen molar-refractivity contribution in [3.8, 4) is 0 Å². The van der Waals surface area contributed by atoms with Gasteiger partial charge in [-0.1, -0.05) is 6.07 Å². The number of pyridine rings is 1. The molecule has 6 heteroatoms. The van der Waals surface area contributed by atoms with E-state index in [1.807, 2.05) is 13.0 Å². The Morgan fingerprint density at radius 2 is 2.28 bits per heavy atom. The Hall–Kier alpha value is -1.95. The van der Waals surface area contributed by atoms with Gasteiger partial charge in [0.05, 0.1) is 18.7 Å².